The topological polar surface area (TPSA) is 89.4 Å². The molecular weight excluding hydrogens is 777 g/mol. The number of furan rings is 2. The van der Waals surface area contributed by atoms with Crippen LogP contribution in [0.1, 0.15) is 93.6 Å². The minimum atomic E-state index is -0.337. The van der Waals surface area contributed by atoms with E-state index in [0.29, 0.717) is 5.71 Å². The molecule has 0 saturated carbocycles. The van der Waals surface area contributed by atoms with Crippen LogP contribution in [0, 0.1) is 16.9 Å². The van der Waals surface area contributed by atoms with Gasteiger partial charge >= 0.3 is 0 Å². The van der Waals surface area contributed by atoms with Crippen LogP contribution < -0.4 is 0 Å². The van der Waals surface area contributed by atoms with Gasteiger partial charge in [-0.15, -0.1) is 29.1 Å². The van der Waals surface area contributed by atoms with Gasteiger partial charge in [-0.05, 0) is 49.3 Å². The van der Waals surface area contributed by atoms with E-state index in [2.05, 4.69) is 61.1 Å². The fourth-order valence-electron chi connectivity index (χ4n) is 6.01. The Balaban J connectivity index is 0.000000251. The number of aliphatic hydroxyl groups is 1. The second-order valence-electron chi connectivity index (χ2n) is 14.1. The van der Waals surface area contributed by atoms with Crippen molar-refractivity contribution in [1.29, 1.82) is 0 Å². The molecule has 1 N–H and O–H groups in total. The second kappa shape index (κ2) is 14.4. The van der Waals surface area contributed by atoms with E-state index in [0.717, 1.165) is 69.7 Å². The third-order valence-electron chi connectivity index (χ3n) is 10.3. The molecule has 0 aliphatic heterocycles. The van der Waals surface area contributed by atoms with Gasteiger partial charge in [-0.25, -0.2) is 4.98 Å². The van der Waals surface area contributed by atoms with E-state index in [1.54, 1.807) is 12.6 Å². The molecule has 3 heterocycles. The van der Waals surface area contributed by atoms with E-state index >= 15 is 0 Å². The Labute approximate surface area is 297 Å². The fourth-order valence-corrected chi connectivity index (χ4v) is 6.01. The van der Waals surface area contributed by atoms with Gasteiger partial charge in [-0.1, -0.05) is 91.5 Å². The molecule has 3 aromatic carbocycles. The SMILES string of the molecule is CC(C)(C)c1cc(-c2ncnc3oc4ccc5occc5c4c23)[c-]c2ccccc12.CCC(C)(CC)C(=O)/C=C(\O)C(C)(CC)CC.[Ir]. The molecule has 6 aromatic rings. The molecule has 7 heteroatoms. The fraction of sp³-hybridized carbons (Fsp3) is 0.390. The van der Waals surface area contributed by atoms with Crippen LogP contribution in [0.3, 0.4) is 0 Å². The average molecular weight is 824 g/mol. The molecule has 0 aliphatic rings. The van der Waals surface area contributed by atoms with Gasteiger partial charge in [0.15, 0.2) is 5.78 Å². The molecule has 0 amide bonds. The van der Waals surface area contributed by atoms with Crippen molar-refractivity contribution in [2.24, 2.45) is 10.8 Å². The number of fused-ring (bicyclic) bond motifs is 6. The number of nitrogens with zero attached hydrogens (tertiary/aromatic N) is 2. The summed E-state index contributed by atoms with van der Waals surface area (Å²) < 4.78 is 11.7. The largest absolute Gasteiger partial charge is 0.512 e. The molecule has 48 heavy (non-hydrogen) atoms. The molecule has 0 saturated heterocycles. The van der Waals surface area contributed by atoms with E-state index in [-0.39, 0.29) is 47.9 Å². The number of allylic oxidation sites excluding steroid dienone is 2. The van der Waals surface area contributed by atoms with Crippen molar-refractivity contribution in [2.45, 2.75) is 93.4 Å². The molecule has 3 aromatic heterocycles. The van der Waals surface area contributed by atoms with Crippen molar-refractivity contribution in [2.75, 3.05) is 0 Å². The first-order chi connectivity index (χ1) is 22.3. The van der Waals surface area contributed by atoms with Crippen LogP contribution in [0.4, 0.5) is 0 Å². The van der Waals surface area contributed by atoms with Crippen LogP contribution in [0.15, 0.2) is 81.8 Å². The van der Waals surface area contributed by atoms with Gasteiger partial charge in [-0.3, -0.25) is 9.78 Å². The summed E-state index contributed by atoms with van der Waals surface area (Å²) in [6, 6.07) is 20.0. The average Bonchev–Trinajstić information content (AvgIpc) is 3.71. The number of rotatable bonds is 8. The van der Waals surface area contributed by atoms with Gasteiger partial charge < -0.3 is 13.9 Å². The van der Waals surface area contributed by atoms with Gasteiger partial charge in [0.1, 0.15) is 23.3 Å². The molecular formula is C41H47IrN2O4-. The van der Waals surface area contributed by atoms with Crippen LogP contribution in [0.2, 0.25) is 0 Å². The number of aliphatic hydroxyl groups excluding tert-OH is 1. The number of hydrogen-bond donors (Lipinski definition) is 1. The number of benzene rings is 3. The van der Waals surface area contributed by atoms with Gasteiger partial charge in [0, 0.05) is 58.9 Å². The normalized spacial score (nSPS) is 12.7. The first kappa shape index (κ1) is 37.0. The van der Waals surface area contributed by atoms with Crippen molar-refractivity contribution in [3.8, 4) is 11.3 Å². The first-order valence-corrected chi connectivity index (χ1v) is 16.7. The number of hydrogen-bond acceptors (Lipinski definition) is 6. The van der Waals surface area contributed by atoms with Crippen molar-refractivity contribution in [1.82, 2.24) is 9.97 Å². The number of carbonyl (C=O) groups excluding carboxylic acids is 1. The Hall–Kier alpha value is -3.80. The van der Waals surface area contributed by atoms with Crippen molar-refractivity contribution in [3.05, 3.63) is 84.6 Å². The van der Waals surface area contributed by atoms with Gasteiger partial charge in [0.25, 0.3) is 0 Å². The summed E-state index contributed by atoms with van der Waals surface area (Å²) >= 11 is 0. The zero-order valence-corrected chi connectivity index (χ0v) is 32.0. The molecule has 0 aliphatic carbocycles. The summed E-state index contributed by atoms with van der Waals surface area (Å²) in [5.74, 6) is 0.286. The number of ketones is 1. The Morgan fingerprint density at radius 3 is 2.12 bits per heavy atom. The molecule has 0 atom stereocenters. The smallest absolute Gasteiger partial charge is 0.223 e. The Morgan fingerprint density at radius 2 is 1.48 bits per heavy atom. The minimum Gasteiger partial charge on any atom is -0.512 e. The Bertz CT molecular complexity index is 2090. The Kier molecular flexibility index (Phi) is 11.1. The van der Waals surface area contributed by atoms with Gasteiger partial charge in [0.2, 0.25) is 5.71 Å². The van der Waals surface area contributed by atoms with Crippen LogP contribution in [-0.2, 0) is 30.3 Å². The molecule has 1 radical (unpaired) electrons. The van der Waals surface area contributed by atoms with Crippen LogP contribution in [-0.4, -0.2) is 20.9 Å². The third kappa shape index (κ3) is 6.86. The Morgan fingerprint density at radius 1 is 0.833 bits per heavy atom. The van der Waals surface area contributed by atoms with Crippen molar-refractivity contribution >= 4 is 49.6 Å². The maximum absolute atomic E-state index is 12.2. The molecule has 0 unspecified atom stereocenters. The van der Waals surface area contributed by atoms with Crippen LogP contribution in [0.25, 0.3) is 55.1 Å². The number of carbonyl (C=O) groups is 1. The molecule has 255 valence electrons. The molecule has 6 rings (SSSR count). The van der Waals surface area contributed by atoms with Crippen LogP contribution in [0.5, 0.6) is 0 Å². The predicted octanol–water partition coefficient (Wildman–Crippen LogP) is 11.7. The monoisotopic (exact) mass is 824 g/mol. The third-order valence-corrected chi connectivity index (χ3v) is 10.3. The van der Waals surface area contributed by atoms with Crippen molar-refractivity contribution < 1.29 is 38.8 Å². The van der Waals surface area contributed by atoms with Crippen LogP contribution >= 0.6 is 0 Å². The maximum Gasteiger partial charge on any atom is 0.223 e. The summed E-state index contributed by atoms with van der Waals surface area (Å²) in [4.78, 5) is 21.3. The van der Waals surface area contributed by atoms with E-state index in [1.807, 2.05) is 65.8 Å². The summed E-state index contributed by atoms with van der Waals surface area (Å²) in [5.41, 5.74) is 4.57. The standard InChI is InChI=1S/C26H19N2O2.C15H28O2.Ir/c1-26(2,3)19-13-16(12-15-6-4-5-7-17(15)19)24-23-22-18-10-11-29-20(18)8-9-21(22)30-25(23)28-14-27-24;1-7-14(5,8-2)12(16)11-13(17)15(6,9-3)10-4;/h4-11,13-14H,1-3H3;11,16H,7-10H2,1-6H3;/q-1;;/b;12-11-;. The van der Waals surface area contributed by atoms with E-state index < -0.39 is 0 Å². The molecule has 0 bridgehead atoms. The van der Waals surface area contributed by atoms with Gasteiger partial charge in [0.05, 0.1) is 6.26 Å². The van der Waals surface area contributed by atoms with Crippen molar-refractivity contribution in [3.63, 3.8) is 0 Å². The summed E-state index contributed by atoms with van der Waals surface area (Å²) in [6.45, 7) is 18.8. The zero-order chi connectivity index (χ0) is 34.1. The quantitative estimate of drug-likeness (QED) is 0.0934. The second-order valence-corrected chi connectivity index (χ2v) is 14.1. The van der Waals surface area contributed by atoms with E-state index in [1.165, 1.54) is 17.0 Å². The first-order valence-electron chi connectivity index (χ1n) is 16.7. The predicted molar refractivity (Wildman–Crippen MR) is 193 cm³/mol. The van der Waals surface area contributed by atoms with Gasteiger partial charge in [-0.2, -0.15) is 0 Å². The molecule has 6 nitrogen and oxygen atoms in total. The van der Waals surface area contributed by atoms with E-state index in [4.69, 9.17) is 8.83 Å². The zero-order valence-electron chi connectivity index (χ0n) is 29.6. The summed E-state index contributed by atoms with van der Waals surface area (Å²) in [5, 5.41) is 15.3. The number of aromatic nitrogens is 2. The summed E-state index contributed by atoms with van der Waals surface area (Å²) in [6.07, 6.45) is 8.02. The summed E-state index contributed by atoms with van der Waals surface area (Å²) in [7, 11) is 0. The molecule has 0 spiro atoms. The molecule has 0 fully saturated rings. The maximum atomic E-state index is 12.2. The minimum absolute atomic E-state index is 0. The van der Waals surface area contributed by atoms with E-state index in [9.17, 15) is 9.90 Å².